The van der Waals surface area contributed by atoms with Gasteiger partial charge in [0, 0.05) is 0 Å². The van der Waals surface area contributed by atoms with Crippen LogP contribution < -0.4 is 0 Å². The van der Waals surface area contributed by atoms with Crippen molar-refractivity contribution in [2.75, 3.05) is 0 Å². The average Bonchev–Trinajstić information content (AvgIpc) is 1.54. The molecule has 47 saturated carbocycles. The Balaban J connectivity index is 0.0000000630. The second-order valence-corrected chi connectivity index (χ2v) is 55.4. The van der Waals surface area contributed by atoms with Crippen molar-refractivity contribution in [3.05, 3.63) is 0 Å². The van der Waals surface area contributed by atoms with Crippen molar-refractivity contribution in [3.8, 4) is 0 Å². The van der Waals surface area contributed by atoms with E-state index in [0.29, 0.717) is 0 Å². The van der Waals surface area contributed by atoms with Gasteiger partial charge in [-0.05, 0) is 639 Å². The maximum Gasteiger partial charge on any atom is -0.0266 e. The van der Waals surface area contributed by atoms with Gasteiger partial charge in [0.05, 0.1) is 0 Å². The summed E-state index contributed by atoms with van der Waals surface area (Å²) in [5, 5.41) is 0. The molecule has 0 nitrogen and oxygen atoms in total. The standard InChI is InChI=1S/C12H18.C12H20.C11H14.C11H18.3C10H16.C9H14.C8H8.2C7H10.C6H8/c1-2-8-5-7(1)11-9-3-4-10(6-9)12(8)11;1-2-4-9-8-10-6-7-12(9)11(10)5-3-1;1-4-5-2-9-8(1)10-6(4)3-7(5)11(9)10;1-3-9-7-10-4-2-6-11(10,5-1)8-9;2*1-7-2-9-4-8(1)5-10(3-7)6-9;1-2-9-7-4-5-8(6-7)10(9)3-1;1-2-7-5-6(1)8-3-4-9(7)8;1-2-5-3(1)7-4(1)6(2)8(5)7;1-4-2-6-5(1)7(6)3-4;1-2-4-6-5(3-1)7(4)6;1-2-4-5-3(1)6(4)5/h7-12H,1-6H2;9-12H,1-8H2;4-11H,1-3H2;9-10H,1-8H2;3*7-10H,1-6H2;6-9H,1-5H2;1-8H;2*4-7H,1-3H2;3-6H,1-2H2. The molecule has 47 aliphatic carbocycles. The van der Waals surface area contributed by atoms with Crippen LogP contribution in [-0.2, 0) is 0 Å². The zero-order chi connectivity index (χ0) is 72.4. The lowest BCUT2D eigenvalue weighted by atomic mass is 9.01. The van der Waals surface area contributed by atoms with Gasteiger partial charge in [-0.25, -0.2) is 0 Å². The summed E-state index contributed by atoms with van der Waals surface area (Å²) in [6.45, 7) is 0. The van der Waals surface area contributed by atoms with Gasteiger partial charge in [-0.15, -0.1) is 0 Å². The Bertz CT molecular complexity index is 3110. The van der Waals surface area contributed by atoms with Gasteiger partial charge in [0.2, 0.25) is 0 Å². The average molecular weight is 1530 g/mol. The molecule has 0 aromatic heterocycles. The SMILES string of the molecule is C12C3C4C1C1C2C3C41.C1C2C3CC4C5CC3C1C5C24.C1C2CC3C1C3C2.C1C2CC3CC1CC(C2)C3.C1C2CC3CC1CC(C2)C3.C1CC2C3C(C1)C23.C1CC2C3C1C23.C1CC2C3CCC(C3)C2C1.C1CC2CC1C1C3CCC(C3)C21.C1CC2CC1C1CCC21.C1CC2CC3CCCC3(C1)C2.C1CCC2CC3CCC2C3CC1. The summed E-state index contributed by atoms with van der Waals surface area (Å²) in [5.41, 5.74) is 0.906. The fourth-order valence-corrected chi connectivity index (χ4v) is 49.6. The van der Waals surface area contributed by atoms with E-state index in [4.69, 9.17) is 0 Å². The molecule has 1 spiro atoms. The fraction of sp³-hybridized carbons (Fsp3) is 1.00. The van der Waals surface area contributed by atoms with Crippen LogP contribution in [0.2, 0.25) is 0 Å². The predicted octanol–water partition coefficient (Wildman–Crippen LogP) is 28.7. The molecule has 0 heteroatoms. The molecule has 47 aliphatic rings. The molecule has 27 atom stereocenters. The van der Waals surface area contributed by atoms with Crippen LogP contribution in [0, 0.1) is 337 Å². The highest BCUT2D eigenvalue weighted by molar-refractivity contribution is 5.44. The summed E-state index contributed by atoms with van der Waals surface area (Å²) < 4.78 is 0. The first-order valence-corrected chi connectivity index (χ1v) is 55.8. The molecule has 27 unspecified atom stereocenters. The molecular formula is C113H168. The van der Waals surface area contributed by atoms with E-state index in [1.165, 1.54) is 332 Å². The summed E-state index contributed by atoms with van der Waals surface area (Å²) >= 11 is 0. The number of hydrogen-bond donors (Lipinski definition) is 0. The van der Waals surface area contributed by atoms with Crippen molar-refractivity contribution in [1.82, 2.24) is 0 Å². The molecule has 0 amide bonds. The van der Waals surface area contributed by atoms with Crippen molar-refractivity contribution < 1.29 is 0 Å². The lowest BCUT2D eigenvalue weighted by molar-refractivity contribution is -0.565. The summed E-state index contributed by atoms with van der Waals surface area (Å²) in [5.74, 6) is 69.4. The first-order valence-electron chi connectivity index (χ1n) is 55.8. The molecule has 47 fully saturated rings. The molecule has 620 valence electrons. The Morgan fingerprint density at radius 3 is 0.752 bits per heavy atom. The van der Waals surface area contributed by atoms with Crippen LogP contribution in [0.5, 0.6) is 0 Å². The quantitative estimate of drug-likeness (QED) is 0.212. The van der Waals surface area contributed by atoms with Gasteiger partial charge in [0.1, 0.15) is 0 Å². The van der Waals surface area contributed by atoms with Crippen LogP contribution in [0.1, 0.15) is 360 Å². The molecule has 0 saturated heterocycles. The fourth-order valence-electron chi connectivity index (χ4n) is 49.6. The minimum atomic E-state index is 0.906. The van der Waals surface area contributed by atoms with E-state index in [1.54, 1.807) is 353 Å². The highest BCUT2D eigenvalue weighted by Crippen LogP contribution is 3.01. The highest BCUT2D eigenvalue weighted by Gasteiger charge is 2.98. The zero-order valence-electron chi connectivity index (χ0n) is 72.4. The van der Waals surface area contributed by atoms with Gasteiger partial charge in [-0.1, -0.05) is 57.8 Å². The van der Waals surface area contributed by atoms with E-state index in [-0.39, 0.29) is 0 Å². The van der Waals surface area contributed by atoms with Gasteiger partial charge >= 0.3 is 0 Å². The van der Waals surface area contributed by atoms with Crippen LogP contribution >= 0.6 is 0 Å². The summed E-state index contributed by atoms with van der Waals surface area (Å²) in [6, 6.07) is 0. The third kappa shape index (κ3) is 10.6. The molecular weight excluding hydrogens is 1360 g/mol. The lowest BCUT2D eigenvalue weighted by Crippen LogP contribution is -3.00. The molecule has 0 heterocycles. The van der Waals surface area contributed by atoms with Crippen LogP contribution in [0.25, 0.3) is 0 Å². The van der Waals surface area contributed by atoms with Crippen molar-refractivity contribution in [3.63, 3.8) is 0 Å². The summed E-state index contributed by atoms with van der Waals surface area (Å²) in [7, 11) is 0. The maximum atomic E-state index is 1.68. The van der Waals surface area contributed by atoms with E-state index >= 15 is 0 Å². The molecule has 113 heavy (non-hydrogen) atoms. The Hall–Kier alpha value is 0. The van der Waals surface area contributed by atoms with Crippen LogP contribution in [0.4, 0.5) is 0 Å². The second kappa shape index (κ2) is 26.1. The van der Waals surface area contributed by atoms with Crippen molar-refractivity contribution in [2.24, 2.45) is 337 Å². The Labute approximate surface area is 691 Å². The first kappa shape index (κ1) is 70.3. The van der Waals surface area contributed by atoms with E-state index < -0.39 is 0 Å². The van der Waals surface area contributed by atoms with Crippen molar-refractivity contribution in [2.45, 2.75) is 360 Å². The minimum Gasteiger partial charge on any atom is -0.0533 e. The monoisotopic (exact) mass is 1530 g/mol. The third-order valence-electron chi connectivity index (χ3n) is 52.8. The molecule has 0 aromatic rings. The normalized spacial score (nSPS) is 67.1. The van der Waals surface area contributed by atoms with E-state index in [2.05, 4.69) is 0 Å². The summed E-state index contributed by atoms with van der Waals surface area (Å²) in [6.07, 6.45) is 89.6. The number of hydrogen-bond acceptors (Lipinski definition) is 0. The molecule has 0 radical (unpaired) electrons. The number of fused-ring (bicyclic) bond motifs is 25. The largest absolute Gasteiger partial charge is 0.0533 e. The van der Waals surface area contributed by atoms with E-state index in [0.717, 1.165) is 11.3 Å². The Morgan fingerprint density at radius 2 is 0.389 bits per heavy atom. The van der Waals surface area contributed by atoms with Crippen LogP contribution in [0.3, 0.4) is 0 Å². The lowest BCUT2D eigenvalue weighted by Gasteiger charge is -3.03. The highest BCUT2D eigenvalue weighted by atomic mass is 15.0. The van der Waals surface area contributed by atoms with Crippen LogP contribution in [0.15, 0.2) is 0 Å². The van der Waals surface area contributed by atoms with Gasteiger partial charge in [0.25, 0.3) is 0 Å². The third-order valence-corrected chi connectivity index (χ3v) is 52.8. The topological polar surface area (TPSA) is 0 Å². The summed E-state index contributed by atoms with van der Waals surface area (Å²) in [4.78, 5) is 0. The molecule has 0 aromatic carbocycles. The van der Waals surface area contributed by atoms with E-state index in [9.17, 15) is 0 Å². The smallest absolute Gasteiger partial charge is 0.0266 e. The number of rotatable bonds is 0. The Morgan fingerprint density at radius 1 is 0.124 bits per heavy atom. The Kier molecular flexibility index (Phi) is 16.2. The molecule has 0 N–H and O–H groups in total. The molecule has 47 rings (SSSR count). The van der Waals surface area contributed by atoms with Gasteiger partial charge in [0.15, 0.2) is 0 Å². The van der Waals surface area contributed by atoms with Gasteiger partial charge in [-0.2, -0.15) is 0 Å². The van der Waals surface area contributed by atoms with E-state index in [1.807, 2.05) is 0 Å². The van der Waals surface area contributed by atoms with Crippen molar-refractivity contribution in [1.29, 1.82) is 0 Å². The molecule has 0 aliphatic heterocycles. The zero-order valence-corrected chi connectivity index (χ0v) is 72.4. The maximum absolute atomic E-state index is 1.68. The minimum absolute atomic E-state index is 0.906. The van der Waals surface area contributed by atoms with Crippen molar-refractivity contribution >= 4 is 0 Å². The van der Waals surface area contributed by atoms with Gasteiger partial charge in [-0.3, -0.25) is 0 Å². The molecule has 32 bridgehead atoms. The van der Waals surface area contributed by atoms with Gasteiger partial charge < -0.3 is 0 Å². The predicted molar refractivity (Wildman–Crippen MR) is 456 cm³/mol. The second-order valence-electron chi connectivity index (χ2n) is 55.4. The first-order chi connectivity index (χ1) is 55.8. The van der Waals surface area contributed by atoms with Crippen LogP contribution in [-0.4, -0.2) is 0 Å².